The van der Waals surface area contributed by atoms with E-state index in [9.17, 15) is 4.79 Å². The van der Waals surface area contributed by atoms with Crippen molar-refractivity contribution in [2.24, 2.45) is 5.92 Å². The van der Waals surface area contributed by atoms with Crippen molar-refractivity contribution in [2.45, 2.75) is 51.2 Å². The summed E-state index contributed by atoms with van der Waals surface area (Å²) in [5.41, 5.74) is 0.580. The fraction of sp³-hybridized carbons (Fsp3) is 0.667. The summed E-state index contributed by atoms with van der Waals surface area (Å²) in [6, 6.07) is 0. The summed E-state index contributed by atoms with van der Waals surface area (Å²) >= 11 is 0. The highest BCUT2D eigenvalue weighted by Gasteiger charge is 2.23. The van der Waals surface area contributed by atoms with Crippen molar-refractivity contribution in [3.63, 3.8) is 0 Å². The van der Waals surface area contributed by atoms with Crippen LogP contribution in [-0.4, -0.2) is 26.4 Å². The number of aromatic amines is 1. The third kappa shape index (κ3) is 2.37. The van der Waals surface area contributed by atoms with E-state index >= 15 is 0 Å². The predicted octanol–water partition coefficient (Wildman–Crippen LogP) is 2.16. The van der Waals surface area contributed by atoms with E-state index in [1.165, 1.54) is 19.3 Å². The minimum atomic E-state index is -0.0867. The van der Waals surface area contributed by atoms with Crippen molar-refractivity contribution in [3.8, 4) is 0 Å². The van der Waals surface area contributed by atoms with E-state index in [0.29, 0.717) is 17.0 Å². The smallest absolute Gasteiger partial charge is 0.262 e. The maximum Gasteiger partial charge on any atom is 0.262 e. The van der Waals surface area contributed by atoms with Gasteiger partial charge in [0.15, 0.2) is 11.9 Å². The first kappa shape index (κ1) is 13.0. The molecule has 6 nitrogen and oxygen atoms in total. The van der Waals surface area contributed by atoms with E-state index in [0.717, 1.165) is 38.1 Å². The Labute approximate surface area is 122 Å². The number of aromatic nitrogens is 4. The Morgan fingerprint density at radius 1 is 1.29 bits per heavy atom. The maximum atomic E-state index is 12.2. The molecule has 21 heavy (non-hydrogen) atoms. The minimum Gasteiger partial charge on any atom is -0.356 e. The Hall–Kier alpha value is -1.69. The van der Waals surface area contributed by atoms with Gasteiger partial charge in [0.25, 0.3) is 5.56 Å². The summed E-state index contributed by atoms with van der Waals surface area (Å²) in [6.45, 7) is 0.754. The lowest BCUT2D eigenvalue weighted by Gasteiger charge is -2.25. The molecular formula is C15H20N4O2. The number of rotatable bonds is 3. The van der Waals surface area contributed by atoms with Crippen LogP contribution in [-0.2, 0) is 11.2 Å². The van der Waals surface area contributed by atoms with Crippen LogP contribution in [0.3, 0.4) is 0 Å². The maximum absolute atomic E-state index is 12.2. The number of H-pyrrole nitrogens is 1. The van der Waals surface area contributed by atoms with Gasteiger partial charge in [0.2, 0.25) is 0 Å². The zero-order chi connectivity index (χ0) is 14.2. The molecule has 0 spiro atoms. The van der Waals surface area contributed by atoms with Crippen LogP contribution in [0.1, 0.15) is 50.6 Å². The summed E-state index contributed by atoms with van der Waals surface area (Å²) in [5.74, 6) is 1.46. The molecule has 1 N–H and O–H groups in total. The van der Waals surface area contributed by atoms with Crippen molar-refractivity contribution < 1.29 is 4.74 Å². The summed E-state index contributed by atoms with van der Waals surface area (Å²) in [6.07, 6.45) is 9.32. The first-order chi connectivity index (χ1) is 10.3. The van der Waals surface area contributed by atoms with Crippen molar-refractivity contribution in [1.29, 1.82) is 0 Å². The van der Waals surface area contributed by atoms with Gasteiger partial charge >= 0.3 is 0 Å². The monoisotopic (exact) mass is 288 g/mol. The van der Waals surface area contributed by atoms with Crippen LogP contribution in [0, 0.1) is 5.92 Å². The van der Waals surface area contributed by atoms with Crippen LogP contribution in [0.2, 0.25) is 0 Å². The molecule has 6 heteroatoms. The van der Waals surface area contributed by atoms with Crippen LogP contribution < -0.4 is 5.56 Å². The molecule has 1 aliphatic carbocycles. The molecule has 1 saturated heterocycles. The second-order valence-electron chi connectivity index (χ2n) is 6.16. The number of hydrogen-bond donors (Lipinski definition) is 1. The van der Waals surface area contributed by atoms with E-state index < -0.39 is 0 Å². The standard InChI is InChI=1S/C15H20N4O2/c20-15-11-9-16-19(13-6-1-2-7-21-13)14(11)17-12(18-15)8-10-4-3-5-10/h9-10,13H,1-8H2,(H,17,18,20). The molecule has 2 aliphatic rings. The van der Waals surface area contributed by atoms with Crippen molar-refractivity contribution in [1.82, 2.24) is 19.7 Å². The SMILES string of the molecule is O=c1[nH]c(CC2CCC2)nc2c1cnn2C1CCCCO1. The zero-order valence-corrected chi connectivity index (χ0v) is 12.0. The lowest BCUT2D eigenvalue weighted by Crippen LogP contribution is -2.22. The van der Waals surface area contributed by atoms with Gasteiger partial charge in [-0.05, 0) is 25.2 Å². The molecule has 1 aliphatic heterocycles. The number of nitrogens with zero attached hydrogens (tertiary/aromatic N) is 3. The topological polar surface area (TPSA) is 72.8 Å². The highest BCUT2D eigenvalue weighted by molar-refractivity contribution is 5.73. The average Bonchev–Trinajstić information content (AvgIpc) is 2.88. The molecule has 3 heterocycles. The molecule has 1 unspecified atom stereocenters. The normalized spacial score (nSPS) is 23.3. The first-order valence-corrected chi connectivity index (χ1v) is 7.89. The zero-order valence-electron chi connectivity index (χ0n) is 12.0. The molecule has 0 radical (unpaired) electrons. The molecule has 1 saturated carbocycles. The van der Waals surface area contributed by atoms with E-state index in [4.69, 9.17) is 4.74 Å². The van der Waals surface area contributed by atoms with Crippen LogP contribution in [0.5, 0.6) is 0 Å². The molecule has 2 aromatic rings. The Morgan fingerprint density at radius 2 is 2.19 bits per heavy atom. The summed E-state index contributed by atoms with van der Waals surface area (Å²) in [4.78, 5) is 19.8. The third-order valence-electron chi connectivity index (χ3n) is 4.65. The van der Waals surface area contributed by atoms with E-state index in [1.54, 1.807) is 10.9 Å². The van der Waals surface area contributed by atoms with Gasteiger partial charge in [-0.2, -0.15) is 5.10 Å². The summed E-state index contributed by atoms with van der Waals surface area (Å²) in [5, 5.41) is 4.90. The molecule has 1 atom stereocenters. The van der Waals surface area contributed by atoms with Gasteiger partial charge in [-0.1, -0.05) is 19.3 Å². The van der Waals surface area contributed by atoms with Gasteiger partial charge in [-0.25, -0.2) is 9.67 Å². The molecule has 2 fully saturated rings. The molecular weight excluding hydrogens is 268 g/mol. The van der Waals surface area contributed by atoms with Crippen molar-refractivity contribution >= 4 is 11.0 Å². The molecule has 0 aromatic carbocycles. The Balaban J connectivity index is 1.71. The molecule has 0 amide bonds. The number of ether oxygens (including phenoxy) is 1. The minimum absolute atomic E-state index is 0.0814. The summed E-state index contributed by atoms with van der Waals surface area (Å²) < 4.78 is 7.56. The Kier molecular flexibility index (Phi) is 3.25. The van der Waals surface area contributed by atoms with E-state index in [2.05, 4.69) is 15.1 Å². The molecule has 0 bridgehead atoms. The van der Waals surface area contributed by atoms with Crippen LogP contribution >= 0.6 is 0 Å². The summed E-state index contributed by atoms with van der Waals surface area (Å²) in [7, 11) is 0. The van der Waals surface area contributed by atoms with Crippen LogP contribution in [0.25, 0.3) is 11.0 Å². The fourth-order valence-corrected chi connectivity index (χ4v) is 3.18. The highest BCUT2D eigenvalue weighted by Crippen LogP contribution is 2.29. The quantitative estimate of drug-likeness (QED) is 0.939. The van der Waals surface area contributed by atoms with Gasteiger partial charge in [0.1, 0.15) is 11.2 Å². The third-order valence-corrected chi connectivity index (χ3v) is 4.65. The lowest BCUT2D eigenvalue weighted by atomic mass is 9.83. The van der Waals surface area contributed by atoms with Crippen LogP contribution in [0.4, 0.5) is 0 Å². The number of nitrogens with one attached hydrogen (secondary N) is 1. The second kappa shape index (κ2) is 5.26. The highest BCUT2D eigenvalue weighted by atomic mass is 16.5. The van der Waals surface area contributed by atoms with Gasteiger partial charge in [0, 0.05) is 13.0 Å². The van der Waals surface area contributed by atoms with Gasteiger partial charge in [0.05, 0.1) is 6.20 Å². The number of hydrogen-bond acceptors (Lipinski definition) is 4. The van der Waals surface area contributed by atoms with Gasteiger partial charge in [-0.3, -0.25) is 4.79 Å². The van der Waals surface area contributed by atoms with Crippen LogP contribution in [0.15, 0.2) is 11.0 Å². The van der Waals surface area contributed by atoms with Crippen molar-refractivity contribution in [3.05, 3.63) is 22.4 Å². The Morgan fingerprint density at radius 3 is 2.90 bits per heavy atom. The number of fused-ring (bicyclic) bond motifs is 1. The largest absolute Gasteiger partial charge is 0.356 e. The first-order valence-electron chi connectivity index (χ1n) is 7.89. The van der Waals surface area contributed by atoms with Gasteiger partial charge in [-0.15, -0.1) is 0 Å². The van der Waals surface area contributed by atoms with E-state index in [1.807, 2.05) is 0 Å². The molecule has 4 rings (SSSR count). The van der Waals surface area contributed by atoms with Gasteiger partial charge < -0.3 is 9.72 Å². The predicted molar refractivity (Wildman–Crippen MR) is 78.0 cm³/mol. The van der Waals surface area contributed by atoms with E-state index in [-0.39, 0.29) is 11.8 Å². The fourth-order valence-electron chi connectivity index (χ4n) is 3.18. The Bertz CT molecular complexity index is 695. The molecule has 112 valence electrons. The lowest BCUT2D eigenvalue weighted by molar-refractivity contribution is -0.0370. The second-order valence-corrected chi connectivity index (χ2v) is 6.16. The molecule has 2 aromatic heterocycles. The van der Waals surface area contributed by atoms with Crippen molar-refractivity contribution in [2.75, 3.05) is 6.61 Å². The average molecular weight is 288 g/mol.